The Morgan fingerprint density at radius 2 is 1.88 bits per heavy atom. The number of hydrogen-bond donors (Lipinski definition) is 5. The molecule has 6 atom stereocenters. The number of carbonyl (C=O) groups is 1. The van der Waals surface area contributed by atoms with Gasteiger partial charge in [-0.3, -0.25) is 19.8 Å². The fourth-order valence-electron chi connectivity index (χ4n) is 7.29. The molecule has 1 aliphatic carbocycles. The second-order valence-electron chi connectivity index (χ2n) is 11.3. The summed E-state index contributed by atoms with van der Waals surface area (Å²) < 4.78 is 0. The summed E-state index contributed by atoms with van der Waals surface area (Å²) in [7, 11) is 0. The van der Waals surface area contributed by atoms with Crippen molar-refractivity contribution in [1.29, 1.82) is 0 Å². The van der Waals surface area contributed by atoms with Crippen molar-refractivity contribution < 1.29 is 19.8 Å². The van der Waals surface area contributed by atoms with Crippen LogP contribution in [0.4, 0.5) is 0 Å². The summed E-state index contributed by atoms with van der Waals surface area (Å²) in [5, 5.41) is 6.37. The third kappa shape index (κ3) is 5.31. The molecule has 32 heavy (non-hydrogen) atoms. The van der Waals surface area contributed by atoms with Gasteiger partial charge in [-0.1, -0.05) is 19.3 Å². The maximum Gasteiger partial charge on any atom is 0.220 e. The molecule has 8 heteroatoms. The number of nitrogens with one attached hydrogen (secondary N) is 3. The lowest BCUT2D eigenvalue weighted by molar-refractivity contribution is -0.919. The number of nitrogens with two attached hydrogens (primary N) is 2. The van der Waals surface area contributed by atoms with Crippen molar-refractivity contribution in [3.8, 4) is 0 Å². The summed E-state index contributed by atoms with van der Waals surface area (Å²) in [4.78, 5) is 22.0. The fourth-order valence-corrected chi connectivity index (χ4v) is 7.29. The standard InChI is InChI=1S/C24H44N6O2/c25-22(31)18-9-13-29(14-10-18)21-15-19(8-11-26-21)23-27-24(32-28-23)20-7-4-12-30(20)16-17-5-2-1-3-6-17/h17-21,23-24,26-28H,1-16H2,(H2,25,31)/p+2. The minimum atomic E-state index is -0.121. The van der Waals surface area contributed by atoms with Gasteiger partial charge in [0.05, 0.1) is 25.8 Å². The van der Waals surface area contributed by atoms with E-state index in [2.05, 4.69) is 21.0 Å². The Balaban J connectivity index is 1.11. The molecule has 7 N–H and O–H groups in total. The molecule has 8 nitrogen and oxygen atoms in total. The van der Waals surface area contributed by atoms with Crippen LogP contribution in [0.25, 0.3) is 0 Å². The van der Waals surface area contributed by atoms with Crippen LogP contribution in [0.3, 0.4) is 0 Å². The minimum Gasteiger partial charge on any atom is -0.369 e. The normalized spacial score (nSPS) is 40.6. The van der Waals surface area contributed by atoms with E-state index in [1.54, 1.807) is 4.90 Å². The highest BCUT2D eigenvalue weighted by molar-refractivity contribution is 5.76. The summed E-state index contributed by atoms with van der Waals surface area (Å²) in [5.41, 5.74) is 8.93. The van der Waals surface area contributed by atoms with E-state index in [1.807, 2.05) is 0 Å². The average Bonchev–Trinajstić information content (AvgIpc) is 3.49. The topological polar surface area (TPSA) is 101 Å². The molecule has 5 rings (SSSR count). The van der Waals surface area contributed by atoms with Crippen molar-refractivity contribution in [3.05, 3.63) is 0 Å². The zero-order chi connectivity index (χ0) is 21.9. The lowest BCUT2D eigenvalue weighted by Crippen LogP contribution is -3.15. The molecule has 0 bridgehead atoms. The molecule has 0 radical (unpaired) electrons. The average molecular weight is 451 g/mol. The van der Waals surface area contributed by atoms with Crippen molar-refractivity contribution in [2.24, 2.45) is 23.5 Å². The van der Waals surface area contributed by atoms with Crippen molar-refractivity contribution in [1.82, 2.24) is 15.7 Å². The van der Waals surface area contributed by atoms with Crippen molar-refractivity contribution in [3.63, 3.8) is 0 Å². The van der Waals surface area contributed by atoms with Crippen LogP contribution in [-0.2, 0) is 9.63 Å². The van der Waals surface area contributed by atoms with Crippen LogP contribution in [0.5, 0.6) is 0 Å². The van der Waals surface area contributed by atoms with E-state index >= 15 is 0 Å². The van der Waals surface area contributed by atoms with Gasteiger partial charge in [-0.2, -0.15) is 5.48 Å². The lowest BCUT2D eigenvalue weighted by Gasteiger charge is -2.39. The Kier molecular flexibility index (Phi) is 7.66. The summed E-state index contributed by atoms with van der Waals surface area (Å²) in [6, 6.07) is 0.591. The van der Waals surface area contributed by atoms with Gasteiger partial charge in [0.25, 0.3) is 0 Å². The maximum absolute atomic E-state index is 11.5. The monoisotopic (exact) mass is 450 g/mol. The van der Waals surface area contributed by atoms with E-state index < -0.39 is 0 Å². The molecule has 5 aliphatic rings. The van der Waals surface area contributed by atoms with Gasteiger partial charge in [-0.05, 0) is 25.7 Å². The van der Waals surface area contributed by atoms with Crippen molar-refractivity contribution in [2.75, 3.05) is 32.7 Å². The summed E-state index contributed by atoms with van der Waals surface area (Å²) >= 11 is 0. The van der Waals surface area contributed by atoms with Crippen molar-refractivity contribution in [2.45, 2.75) is 95.2 Å². The van der Waals surface area contributed by atoms with Gasteiger partial charge in [0.2, 0.25) is 5.91 Å². The van der Waals surface area contributed by atoms with Gasteiger partial charge in [0.1, 0.15) is 12.2 Å². The molecule has 0 aromatic heterocycles. The third-order valence-electron chi connectivity index (χ3n) is 9.24. The van der Waals surface area contributed by atoms with E-state index in [0.717, 1.165) is 38.4 Å². The highest BCUT2D eigenvalue weighted by Gasteiger charge is 2.45. The molecule has 6 unspecified atom stereocenters. The van der Waals surface area contributed by atoms with E-state index in [-0.39, 0.29) is 24.2 Å². The second kappa shape index (κ2) is 10.7. The Morgan fingerprint density at radius 3 is 2.66 bits per heavy atom. The molecule has 1 amide bonds. The van der Waals surface area contributed by atoms with E-state index in [1.165, 1.54) is 70.9 Å². The Bertz CT molecular complexity index is 622. The van der Waals surface area contributed by atoms with Gasteiger partial charge in [0.15, 0.2) is 6.23 Å². The maximum atomic E-state index is 11.5. The van der Waals surface area contributed by atoms with Crippen LogP contribution in [0, 0.1) is 17.8 Å². The van der Waals surface area contributed by atoms with Crippen LogP contribution in [0.2, 0.25) is 0 Å². The Morgan fingerprint density at radius 1 is 1.06 bits per heavy atom. The summed E-state index contributed by atoms with van der Waals surface area (Å²) in [5.74, 6) is 1.47. The Hall–Kier alpha value is -0.770. The predicted molar refractivity (Wildman–Crippen MR) is 122 cm³/mol. The zero-order valence-electron chi connectivity index (χ0n) is 19.8. The van der Waals surface area contributed by atoms with E-state index in [0.29, 0.717) is 18.1 Å². The summed E-state index contributed by atoms with van der Waals surface area (Å²) in [6.07, 6.45) is 14.9. The highest BCUT2D eigenvalue weighted by atomic mass is 16.7. The van der Waals surface area contributed by atoms with Gasteiger partial charge in [-0.25, -0.2) is 0 Å². The Labute approximate surface area is 193 Å². The van der Waals surface area contributed by atoms with Crippen LogP contribution in [-0.4, -0.2) is 68.1 Å². The minimum absolute atomic E-state index is 0.0726. The van der Waals surface area contributed by atoms with Crippen LogP contribution < -0.4 is 26.7 Å². The molecule has 0 spiro atoms. The van der Waals surface area contributed by atoms with Gasteiger partial charge < -0.3 is 16.0 Å². The molecule has 1 saturated carbocycles. The number of quaternary nitrogens is 2. The van der Waals surface area contributed by atoms with Gasteiger partial charge in [-0.15, -0.1) is 0 Å². The number of piperidine rings is 2. The van der Waals surface area contributed by atoms with Gasteiger partial charge >= 0.3 is 0 Å². The first-order valence-electron chi connectivity index (χ1n) is 13.6. The summed E-state index contributed by atoms with van der Waals surface area (Å²) in [6.45, 7) is 5.81. The molecular formula is C24H46N6O2+2. The molecule has 5 fully saturated rings. The molecule has 0 aromatic rings. The molecule has 0 aromatic carbocycles. The molecule has 4 saturated heterocycles. The first-order chi connectivity index (χ1) is 15.7. The number of hydroxylamine groups is 1. The predicted octanol–water partition coefficient (Wildman–Crippen LogP) is -1.11. The SMILES string of the molecule is NC(=O)C1CCN(C2CC(C3NOC(C4CCC[NH+]4CC4CCCCC4)N3)CC[NH2+]2)CC1. The molecule has 4 aliphatic heterocycles. The molecule has 4 heterocycles. The van der Waals surface area contributed by atoms with Crippen molar-refractivity contribution >= 4 is 5.91 Å². The molecular weight excluding hydrogens is 404 g/mol. The van der Waals surface area contributed by atoms with E-state index in [4.69, 9.17) is 10.6 Å². The van der Waals surface area contributed by atoms with Gasteiger partial charge in [0, 0.05) is 56.5 Å². The first-order valence-corrected chi connectivity index (χ1v) is 13.6. The molecule has 182 valence electrons. The van der Waals surface area contributed by atoms with E-state index in [9.17, 15) is 4.79 Å². The zero-order valence-corrected chi connectivity index (χ0v) is 19.8. The number of rotatable bonds is 6. The number of likely N-dealkylation sites (tertiary alicyclic amines) is 2. The largest absolute Gasteiger partial charge is 0.369 e. The highest BCUT2D eigenvalue weighted by Crippen LogP contribution is 2.26. The van der Waals surface area contributed by atoms with Crippen LogP contribution >= 0.6 is 0 Å². The quantitative estimate of drug-likeness (QED) is 0.353. The number of nitrogens with zero attached hydrogens (tertiary/aromatic N) is 1. The van der Waals surface area contributed by atoms with Crippen LogP contribution in [0.15, 0.2) is 0 Å². The second-order valence-corrected chi connectivity index (χ2v) is 11.3. The number of hydrogen-bond acceptors (Lipinski definition) is 5. The smallest absolute Gasteiger partial charge is 0.220 e. The number of primary amides is 1. The number of carbonyl (C=O) groups excluding carboxylic acids is 1. The first kappa shape index (κ1) is 23.0. The number of amides is 1. The van der Waals surface area contributed by atoms with Crippen LogP contribution in [0.1, 0.15) is 70.6 Å². The lowest BCUT2D eigenvalue weighted by atomic mass is 9.88. The third-order valence-corrected chi connectivity index (χ3v) is 9.24. The fraction of sp³-hybridized carbons (Fsp3) is 0.958.